The molecule has 16 heavy (non-hydrogen) atoms. The zero-order valence-corrected chi connectivity index (χ0v) is 11.1. The summed E-state index contributed by atoms with van der Waals surface area (Å²) < 4.78 is 0. The van der Waals surface area contributed by atoms with Crippen LogP contribution in [0, 0.1) is 5.92 Å². The molecule has 0 radical (unpaired) electrons. The number of thiophene rings is 1. The van der Waals surface area contributed by atoms with Crippen LogP contribution in [0.15, 0.2) is 17.5 Å². The molecule has 1 saturated heterocycles. The maximum Gasteiger partial charge on any atom is 0.0467 e. The van der Waals surface area contributed by atoms with Crippen LogP contribution in [0.5, 0.6) is 0 Å². The number of piperazine rings is 1. The van der Waals surface area contributed by atoms with Crippen LogP contribution in [0.4, 0.5) is 0 Å². The third-order valence-corrected chi connectivity index (χ3v) is 4.51. The van der Waals surface area contributed by atoms with E-state index in [1.807, 2.05) is 11.3 Å². The van der Waals surface area contributed by atoms with Crippen molar-refractivity contribution in [3.8, 4) is 0 Å². The van der Waals surface area contributed by atoms with Crippen LogP contribution < -0.4 is 5.32 Å². The van der Waals surface area contributed by atoms with Crippen molar-refractivity contribution < 1.29 is 0 Å². The van der Waals surface area contributed by atoms with Crippen molar-refractivity contribution in [1.29, 1.82) is 0 Å². The van der Waals surface area contributed by atoms with Gasteiger partial charge in [-0.15, -0.1) is 11.3 Å². The van der Waals surface area contributed by atoms with Gasteiger partial charge in [0.25, 0.3) is 0 Å². The van der Waals surface area contributed by atoms with Gasteiger partial charge < -0.3 is 5.32 Å². The lowest BCUT2D eigenvalue weighted by Gasteiger charge is -2.37. The summed E-state index contributed by atoms with van der Waals surface area (Å²) in [5.41, 5.74) is 0. The summed E-state index contributed by atoms with van der Waals surface area (Å²) in [7, 11) is 0. The van der Waals surface area contributed by atoms with Crippen LogP contribution in [0.1, 0.15) is 31.2 Å². The Bertz CT molecular complexity index is 291. The van der Waals surface area contributed by atoms with Crippen molar-refractivity contribution in [3.63, 3.8) is 0 Å². The van der Waals surface area contributed by atoms with Crippen molar-refractivity contribution >= 4 is 11.3 Å². The Morgan fingerprint density at radius 1 is 1.44 bits per heavy atom. The topological polar surface area (TPSA) is 15.3 Å². The molecule has 2 heterocycles. The zero-order valence-electron chi connectivity index (χ0n) is 10.3. The second-order valence-electron chi connectivity index (χ2n) is 4.63. The number of nitrogens with zero attached hydrogens (tertiary/aromatic N) is 1. The van der Waals surface area contributed by atoms with Crippen LogP contribution in [0.3, 0.4) is 0 Å². The summed E-state index contributed by atoms with van der Waals surface area (Å²) in [6.07, 6.45) is 1.26. The Kier molecular flexibility index (Phi) is 4.38. The van der Waals surface area contributed by atoms with E-state index in [9.17, 15) is 0 Å². The summed E-state index contributed by atoms with van der Waals surface area (Å²) in [4.78, 5) is 4.19. The van der Waals surface area contributed by atoms with Crippen molar-refractivity contribution in [2.24, 2.45) is 5.92 Å². The molecule has 2 nitrogen and oxygen atoms in total. The largest absolute Gasteiger partial charge is 0.314 e. The molecule has 0 aromatic carbocycles. The van der Waals surface area contributed by atoms with Gasteiger partial charge >= 0.3 is 0 Å². The predicted molar refractivity (Wildman–Crippen MR) is 71.0 cm³/mol. The number of rotatable bonds is 4. The normalized spacial score (nSPS) is 21.9. The van der Waals surface area contributed by atoms with Gasteiger partial charge in [0, 0.05) is 37.1 Å². The molecule has 0 aliphatic carbocycles. The Labute approximate surface area is 103 Å². The van der Waals surface area contributed by atoms with Gasteiger partial charge in [-0.2, -0.15) is 0 Å². The molecule has 2 atom stereocenters. The molecule has 0 spiro atoms. The lowest BCUT2D eigenvalue weighted by atomic mass is 9.95. The minimum Gasteiger partial charge on any atom is -0.314 e. The molecule has 1 aromatic rings. The first kappa shape index (κ1) is 12.1. The molecule has 1 aromatic heterocycles. The summed E-state index contributed by atoms with van der Waals surface area (Å²) in [6, 6.07) is 5.10. The van der Waals surface area contributed by atoms with E-state index in [0.29, 0.717) is 6.04 Å². The molecule has 0 saturated carbocycles. The number of hydrogen-bond acceptors (Lipinski definition) is 3. The summed E-state index contributed by atoms with van der Waals surface area (Å²) >= 11 is 1.91. The highest BCUT2D eigenvalue weighted by Gasteiger charge is 2.26. The molecule has 0 amide bonds. The van der Waals surface area contributed by atoms with Gasteiger partial charge in [-0.25, -0.2) is 0 Å². The fourth-order valence-corrected chi connectivity index (χ4v) is 3.46. The molecule has 1 fully saturated rings. The first-order valence-corrected chi connectivity index (χ1v) is 7.19. The van der Waals surface area contributed by atoms with E-state index in [1.54, 1.807) is 0 Å². The highest BCUT2D eigenvalue weighted by atomic mass is 32.1. The minimum atomic E-state index is 0.632. The van der Waals surface area contributed by atoms with Crippen LogP contribution in [0.2, 0.25) is 0 Å². The van der Waals surface area contributed by atoms with E-state index >= 15 is 0 Å². The average molecular weight is 238 g/mol. The van der Waals surface area contributed by atoms with E-state index in [0.717, 1.165) is 19.0 Å². The van der Waals surface area contributed by atoms with Gasteiger partial charge in [0.2, 0.25) is 0 Å². The third kappa shape index (κ3) is 2.65. The number of nitrogens with one attached hydrogen (secondary N) is 1. The highest BCUT2D eigenvalue weighted by molar-refractivity contribution is 7.10. The predicted octanol–water partition coefficient (Wildman–Crippen LogP) is 2.74. The first-order chi connectivity index (χ1) is 7.83. The minimum absolute atomic E-state index is 0.632. The first-order valence-electron chi connectivity index (χ1n) is 6.31. The molecular weight excluding hydrogens is 216 g/mol. The maximum atomic E-state index is 3.43. The molecule has 1 aliphatic heterocycles. The van der Waals surface area contributed by atoms with Crippen LogP contribution in [-0.4, -0.2) is 31.1 Å². The molecule has 1 aliphatic rings. The third-order valence-electron chi connectivity index (χ3n) is 3.56. The molecule has 1 N–H and O–H groups in total. The van der Waals surface area contributed by atoms with E-state index < -0.39 is 0 Å². The van der Waals surface area contributed by atoms with Gasteiger partial charge in [0.15, 0.2) is 0 Å². The molecule has 3 heteroatoms. The fourth-order valence-electron chi connectivity index (χ4n) is 2.46. The second kappa shape index (κ2) is 5.80. The molecule has 2 rings (SSSR count). The van der Waals surface area contributed by atoms with E-state index in [1.165, 1.54) is 24.4 Å². The molecular formula is C13H22N2S. The van der Waals surface area contributed by atoms with Gasteiger partial charge in [-0.3, -0.25) is 4.90 Å². The van der Waals surface area contributed by atoms with Gasteiger partial charge in [0.1, 0.15) is 0 Å². The Morgan fingerprint density at radius 2 is 2.19 bits per heavy atom. The molecule has 1 unspecified atom stereocenters. The smallest absolute Gasteiger partial charge is 0.0467 e. The van der Waals surface area contributed by atoms with E-state index in [4.69, 9.17) is 0 Å². The number of hydrogen-bond donors (Lipinski definition) is 1. The van der Waals surface area contributed by atoms with Gasteiger partial charge in [-0.1, -0.05) is 26.3 Å². The quantitative estimate of drug-likeness (QED) is 0.867. The Balaban J connectivity index is 2.13. The van der Waals surface area contributed by atoms with E-state index in [-0.39, 0.29) is 0 Å². The standard InChI is InChI=1S/C13H22N2S/c1-3-11(2)13(12-5-4-10-16-12)15-8-6-14-7-9-15/h4-5,10-11,13-14H,3,6-9H2,1-2H3/t11?,13-/m1/s1. The average Bonchev–Trinajstić information content (AvgIpc) is 2.84. The zero-order chi connectivity index (χ0) is 11.4. The van der Waals surface area contributed by atoms with Crippen LogP contribution in [0.25, 0.3) is 0 Å². The lowest BCUT2D eigenvalue weighted by molar-refractivity contribution is 0.131. The fraction of sp³-hybridized carbons (Fsp3) is 0.692. The maximum absolute atomic E-state index is 3.43. The summed E-state index contributed by atoms with van der Waals surface area (Å²) in [5, 5.41) is 5.63. The SMILES string of the molecule is CCC(C)[C@H](c1cccs1)N1CCNCC1. The van der Waals surface area contributed by atoms with Crippen molar-refractivity contribution in [2.75, 3.05) is 26.2 Å². The van der Waals surface area contributed by atoms with Crippen molar-refractivity contribution in [1.82, 2.24) is 10.2 Å². The Hall–Kier alpha value is -0.380. The van der Waals surface area contributed by atoms with Crippen LogP contribution in [-0.2, 0) is 0 Å². The lowest BCUT2D eigenvalue weighted by Crippen LogP contribution is -2.46. The summed E-state index contributed by atoms with van der Waals surface area (Å²) in [6.45, 7) is 9.33. The van der Waals surface area contributed by atoms with Crippen LogP contribution >= 0.6 is 11.3 Å². The van der Waals surface area contributed by atoms with E-state index in [2.05, 4.69) is 41.6 Å². The second-order valence-corrected chi connectivity index (χ2v) is 5.61. The molecule has 90 valence electrons. The van der Waals surface area contributed by atoms with Crippen molar-refractivity contribution in [2.45, 2.75) is 26.3 Å². The Morgan fingerprint density at radius 3 is 2.75 bits per heavy atom. The van der Waals surface area contributed by atoms with Gasteiger partial charge in [-0.05, 0) is 17.4 Å². The monoisotopic (exact) mass is 238 g/mol. The van der Waals surface area contributed by atoms with Gasteiger partial charge in [0.05, 0.1) is 0 Å². The molecule has 0 bridgehead atoms. The summed E-state index contributed by atoms with van der Waals surface area (Å²) in [5.74, 6) is 0.747. The van der Waals surface area contributed by atoms with Crippen molar-refractivity contribution in [3.05, 3.63) is 22.4 Å². The highest BCUT2D eigenvalue weighted by Crippen LogP contribution is 2.33.